The lowest BCUT2D eigenvalue weighted by molar-refractivity contribution is -0.131. The maximum atomic E-state index is 12.9. The molecular formula is C20H16BrN5O2. The average molecular weight is 438 g/mol. The molecule has 0 unspecified atom stereocenters. The SMILES string of the molecule is CC1=NN(Cc2ccccc2)C(=O)[C@H]1C(=O)c1cn(-c2ccc(Br)cc2)nn1. The first kappa shape index (κ1) is 18.2. The van der Waals surface area contributed by atoms with E-state index in [1.807, 2.05) is 54.6 Å². The van der Waals surface area contributed by atoms with Crippen LogP contribution in [-0.2, 0) is 11.3 Å². The van der Waals surface area contributed by atoms with E-state index >= 15 is 0 Å². The summed E-state index contributed by atoms with van der Waals surface area (Å²) in [6.45, 7) is 2.01. The van der Waals surface area contributed by atoms with Crippen LogP contribution in [-0.4, -0.2) is 37.4 Å². The summed E-state index contributed by atoms with van der Waals surface area (Å²) in [4.78, 5) is 25.7. The molecule has 0 saturated carbocycles. The van der Waals surface area contributed by atoms with E-state index in [0.29, 0.717) is 12.3 Å². The van der Waals surface area contributed by atoms with Crippen LogP contribution < -0.4 is 0 Å². The number of carbonyl (C=O) groups excluding carboxylic acids is 2. The number of ketones is 1. The molecule has 1 atom stereocenters. The van der Waals surface area contributed by atoms with Crippen molar-refractivity contribution in [2.75, 3.05) is 0 Å². The van der Waals surface area contributed by atoms with Gasteiger partial charge in [0.2, 0.25) is 5.78 Å². The van der Waals surface area contributed by atoms with Crippen molar-refractivity contribution in [1.82, 2.24) is 20.0 Å². The first-order valence-electron chi connectivity index (χ1n) is 8.66. The Labute approximate surface area is 169 Å². The molecule has 1 aliphatic rings. The standard InChI is InChI=1S/C20H16BrN5O2/c1-13-18(20(28)26(23-13)11-14-5-3-2-4-6-14)19(27)17-12-25(24-22-17)16-9-7-15(21)8-10-16/h2-10,12,18H,11H2,1H3/t18-/m1/s1. The highest BCUT2D eigenvalue weighted by Crippen LogP contribution is 2.22. The van der Waals surface area contributed by atoms with Gasteiger partial charge in [-0.15, -0.1) is 5.10 Å². The number of amides is 1. The van der Waals surface area contributed by atoms with Gasteiger partial charge in [0.15, 0.2) is 0 Å². The summed E-state index contributed by atoms with van der Waals surface area (Å²) in [5, 5.41) is 13.6. The van der Waals surface area contributed by atoms with Crippen molar-refractivity contribution in [3.05, 3.63) is 76.5 Å². The number of hydrazone groups is 1. The van der Waals surface area contributed by atoms with Crippen LogP contribution in [0.4, 0.5) is 0 Å². The largest absolute Gasteiger partial charge is 0.291 e. The normalized spacial score (nSPS) is 16.4. The fraction of sp³-hybridized carbons (Fsp3) is 0.150. The second kappa shape index (κ2) is 7.47. The third-order valence-electron chi connectivity index (χ3n) is 4.47. The van der Waals surface area contributed by atoms with Crippen molar-refractivity contribution in [3.8, 4) is 5.69 Å². The monoisotopic (exact) mass is 437 g/mol. The van der Waals surface area contributed by atoms with Gasteiger partial charge >= 0.3 is 0 Å². The second-order valence-corrected chi connectivity index (χ2v) is 7.36. The summed E-state index contributed by atoms with van der Waals surface area (Å²) in [5.74, 6) is -1.70. The van der Waals surface area contributed by atoms with Crippen LogP contribution >= 0.6 is 15.9 Å². The smallest absolute Gasteiger partial charge is 0.259 e. The molecule has 4 rings (SSSR count). The van der Waals surface area contributed by atoms with Gasteiger partial charge in [-0.3, -0.25) is 9.59 Å². The maximum absolute atomic E-state index is 12.9. The highest BCUT2D eigenvalue weighted by molar-refractivity contribution is 9.10. The lowest BCUT2D eigenvalue weighted by Gasteiger charge is -2.13. The average Bonchev–Trinajstić information content (AvgIpc) is 3.28. The summed E-state index contributed by atoms with van der Waals surface area (Å²) >= 11 is 3.38. The van der Waals surface area contributed by atoms with Crippen LogP contribution in [0.3, 0.4) is 0 Å². The van der Waals surface area contributed by atoms with Gasteiger partial charge in [0.1, 0.15) is 11.6 Å². The number of hydrogen-bond donors (Lipinski definition) is 0. The Hall–Kier alpha value is -3.13. The van der Waals surface area contributed by atoms with Crippen molar-refractivity contribution >= 4 is 33.3 Å². The molecule has 3 aromatic rings. The molecule has 0 bridgehead atoms. The van der Waals surface area contributed by atoms with Crippen molar-refractivity contribution in [3.63, 3.8) is 0 Å². The van der Waals surface area contributed by atoms with Gasteiger partial charge in [-0.05, 0) is 36.8 Å². The van der Waals surface area contributed by atoms with E-state index in [1.165, 1.54) is 15.9 Å². The Balaban J connectivity index is 1.53. The highest BCUT2D eigenvalue weighted by atomic mass is 79.9. The van der Waals surface area contributed by atoms with E-state index in [2.05, 4.69) is 31.3 Å². The first-order valence-corrected chi connectivity index (χ1v) is 9.45. The Bertz CT molecular complexity index is 1060. The topological polar surface area (TPSA) is 80.5 Å². The van der Waals surface area contributed by atoms with Crippen molar-refractivity contribution in [2.24, 2.45) is 11.0 Å². The molecule has 0 saturated heterocycles. The van der Waals surface area contributed by atoms with Gasteiger partial charge in [-0.1, -0.05) is 51.5 Å². The van der Waals surface area contributed by atoms with Crippen molar-refractivity contribution in [2.45, 2.75) is 13.5 Å². The molecule has 0 aliphatic carbocycles. The number of benzene rings is 2. The molecule has 2 heterocycles. The van der Waals surface area contributed by atoms with Crippen LogP contribution in [0, 0.1) is 5.92 Å². The number of Topliss-reactive ketones (excluding diaryl/α,β-unsaturated/α-hetero) is 1. The fourth-order valence-corrected chi connectivity index (χ4v) is 3.31. The zero-order chi connectivity index (χ0) is 19.7. The number of carbonyl (C=O) groups is 2. The van der Waals surface area contributed by atoms with Gasteiger partial charge in [0, 0.05) is 4.47 Å². The van der Waals surface area contributed by atoms with Crippen LogP contribution in [0.2, 0.25) is 0 Å². The maximum Gasteiger partial charge on any atom is 0.259 e. The van der Waals surface area contributed by atoms with Gasteiger partial charge in [-0.2, -0.15) is 5.10 Å². The molecule has 28 heavy (non-hydrogen) atoms. The quantitative estimate of drug-likeness (QED) is 0.453. The van der Waals surface area contributed by atoms with Crippen molar-refractivity contribution in [1.29, 1.82) is 0 Å². The summed E-state index contributed by atoms with van der Waals surface area (Å²) in [6, 6.07) is 17.0. The molecule has 0 fully saturated rings. The van der Waals surface area contributed by atoms with E-state index < -0.39 is 11.7 Å². The minimum absolute atomic E-state index is 0.136. The van der Waals surface area contributed by atoms with E-state index in [0.717, 1.165) is 15.7 Å². The van der Waals surface area contributed by atoms with Crippen LogP contribution in [0.1, 0.15) is 23.0 Å². The number of hydrogen-bond acceptors (Lipinski definition) is 5. The van der Waals surface area contributed by atoms with Gasteiger partial charge in [0.25, 0.3) is 5.91 Å². The zero-order valence-corrected chi connectivity index (χ0v) is 16.6. The molecule has 0 radical (unpaired) electrons. The Morgan fingerprint density at radius 3 is 2.54 bits per heavy atom. The summed E-state index contributed by atoms with van der Waals surface area (Å²) in [5.41, 5.74) is 2.31. The fourth-order valence-electron chi connectivity index (χ4n) is 3.04. The lowest BCUT2D eigenvalue weighted by Crippen LogP contribution is -2.32. The van der Waals surface area contributed by atoms with Crippen molar-refractivity contribution < 1.29 is 9.59 Å². The Morgan fingerprint density at radius 2 is 1.82 bits per heavy atom. The summed E-state index contributed by atoms with van der Waals surface area (Å²) in [7, 11) is 0. The van der Waals surface area contributed by atoms with Gasteiger partial charge < -0.3 is 0 Å². The molecule has 0 N–H and O–H groups in total. The highest BCUT2D eigenvalue weighted by Gasteiger charge is 2.40. The van der Waals surface area contributed by atoms with E-state index in [-0.39, 0.29) is 11.6 Å². The molecule has 1 aliphatic heterocycles. The number of rotatable bonds is 5. The van der Waals surface area contributed by atoms with Crippen LogP contribution in [0.15, 0.2) is 70.4 Å². The molecule has 1 aromatic heterocycles. The van der Waals surface area contributed by atoms with Crippen LogP contribution in [0.25, 0.3) is 5.69 Å². The molecule has 1 amide bonds. The lowest BCUT2D eigenvalue weighted by atomic mass is 9.97. The molecule has 2 aromatic carbocycles. The van der Waals surface area contributed by atoms with E-state index in [4.69, 9.17) is 0 Å². The number of halogens is 1. The number of aromatic nitrogens is 3. The number of nitrogens with zero attached hydrogens (tertiary/aromatic N) is 5. The van der Waals surface area contributed by atoms with Crippen LogP contribution in [0.5, 0.6) is 0 Å². The molecule has 8 heteroatoms. The summed E-state index contributed by atoms with van der Waals surface area (Å²) < 4.78 is 2.45. The predicted octanol–water partition coefficient (Wildman–Crippen LogP) is 3.25. The van der Waals surface area contributed by atoms with E-state index in [9.17, 15) is 9.59 Å². The summed E-state index contributed by atoms with van der Waals surface area (Å²) in [6.07, 6.45) is 1.53. The predicted molar refractivity (Wildman–Crippen MR) is 107 cm³/mol. The third kappa shape index (κ3) is 3.50. The van der Waals surface area contributed by atoms with Gasteiger partial charge in [0.05, 0.1) is 24.1 Å². The minimum atomic E-state index is -0.959. The zero-order valence-electron chi connectivity index (χ0n) is 15.0. The molecule has 140 valence electrons. The minimum Gasteiger partial charge on any atom is -0.291 e. The van der Waals surface area contributed by atoms with Gasteiger partial charge in [-0.25, -0.2) is 9.69 Å². The van der Waals surface area contributed by atoms with E-state index in [1.54, 1.807) is 6.92 Å². The third-order valence-corrected chi connectivity index (χ3v) is 5.00. The molecule has 7 nitrogen and oxygen atoms in total. The first-order chi connectivity index (χ1) is 13.5. The molecule has 0 spiro atoms. The Kier molecular flexibility index (Phi) is 4.87. The molecular weight excluding hydrogens is 422 g/mol. The second-order valence-electron chi connectivity index (χ2n) is 6.44. The Morgan fingerprint density at radius 1 is 1.11 bits per heavy atom.